The Hall–Kier alpha value is -0.980. The molecule has 1 saturated carbocycles. The number of ether oxygens (including phenoxy) is 1. The van der Waals surface area contributed by atoms with Crippen molar-refractivity contribution in [3.63, 3.8) is 0 Å². The van der Waals surface area contributed by atoms with Crippen LogP contribution in [0.1, 0.15) is 18.5 Å². The number of aryl methyl sites for hydroxylation is 1. The number of aliphatic hydroxyl groups excluding tert-OH is 1. The predicted octanol–water partition coefficient (Wildman–Crippen LogP) is 0.0582. The van der Waals surface area contributed by atoms with Gasteiger partial charge in [-0.1, -0.05) is 5.21 Å². The normalized spacial score (nSPS) is 31.6. The Labute approximate surface area is 113 Å². The molecule has 1 aromatic rings. The van der Waals surface area contributed by atoms with Gasteiger partial charge in [0.2, 0.25) is 0 Å². The summed E-state index contributed by atoms with van der Waals surface area (Å²) in [6.07, 6.45) is 4.40. The molecule has 1 saturated heterocycles. The summed E-state index contributed by atoms with van der Waals surface area (Å²) in [6.45, 7) is 5.63. The van der Waals surface area contributed by atoms with E-state index in [9.17, 15) is 0 Å². The average molecular weight is 266 g/mol. The fraction of sp³-hybridized carbons (Fsp3) is 0.846. The van der Waals surface area contributed by atoms with Crippen molar-refractivity contribution in [2.45, 2.75) is 38.5 Å². The highest BCUT2D eigenvalue weighted by Gasteiger charge is 2.42. The highest BCUT2D eigenvalue weighted by atomic mass is 16.5. The number of rotatable bonds is 4. The molecule has 2 fully saturated rings. The lowest BCUT2D eigenvalue weighted by atomic mass is 10.0. The van der Waals surface area contributed by atoms with Crippen molar-refractivity contribution < 1.29 is 9.84 Å². The lowest BCUT2D eigenvalue weighted by Crippen LogP contribution is -2.51. The minimum Gasteiger partial charge on any atom is -0.395 e. The Morgan fingerprint density at radius 1 is 1.47 bits per heavy atom. The van der Waals surface area contributed by atoms with Crippen LogP contribution < -0.4 is 0 Å². The molecule has 3 rings (SSSR count). The summed E-state index contributed by atoms with van der Waals surface area (Å²) in [5.41, 5.74) is 1.10. The molecule has 0 bridgehead atoms. The maximum absolute atomic E-state index is 9.14. The van der Waals surface area contributed by atoms with Crippen molar-refractivity contribution in [1.82, 2.24) is 19.9 Å². The van der Waals surface area contributed by atoms with E-state index in [1.807, 2.05) is 11.6 Å². The second-order valence-corrected chi connectivity index (χ2v) is 5.56. The van der Waals surface area contributed by atoms with Crippen molar-refractivity contribution >= 4 is 0 Å². The predicted molar refractivity (Wildman–Crippen MR) is 69.7 cm³/mol. The molecular formula is C13H22N4O2. The van der Waals surface area contributed by atoms with Crippen LogP contribution in [-0.4, -0.2) is 63.4 Å². The molecule has 0 amide bonds. The van der Waals surface area contributed by atoms with Gasteiger partial charge < -0.3 is 9.84 Å². The third-order valence-corrected chi connectivity index (χ3v) is 4.44. The summed E-state index contributed by atoms with van der Waals surface area (Å²) in [7, 11) is 0. The van der Waals surface area contributed by atoms with Gasteiger partial charge in [0.05, 0.1) is 31.2 Å². The first kappa shape index (κ1) is 13.0. The van der Waals surface area contributed by atoms with E-state index in [1.54, 1.807) is 6.20 Å². The van der Waals surface area contributed by atoms with Crippen LogP contribution in [0.15, 0.2) is 6.20 Å². The van der Waals surface area contributed by atoms with E-state index in [0.29, 0.717) is 12.0 Å². The molecular weight excluding hydrogens is 244 g/mol. The minimum absolute atomic E-state index is 0.232. The maximum atomic E-state index is 9.14. The van der Waals surface area contributed by atoms with Crippen LogP contribution in [0.25, 0.3) is 0 Å². The van der Waals surface area contributed by atoms with Gasteiger partial charge >= 0.3 is 0 Å². The molecule has 1 aliphatic carbocycles. The second-order valence-electron chi connectivity index (χ2n) is 5.56. The van der Waals surface area contributed by atoms with Crippen LogP contribution in [-0.2, 0) is 11.3 Å². The van der Waals surface area contributed by atoms with Gasteiger partial charge in [0.25, 0.3) is 0 Å². The van der Waals surface area contributed by atoms with Crippen molar-refractivity contribution in [3.05, 3.63) is 11.9 Å². The Bertz CT molecular complexity index is 421. The zero-order valence-corrected chi connectivity index (χ0v) is 11.4. The molecule has 0 aromatic carbocycles. The Morgan fingerprint density at radius 2 is 2.37 bits per heavy atom. The van der Waals surface area contributed by atoms with Gasteiger partial charge in [0.1, 0.15) is 0 Å². The monoisotopic (exact) mass is 266 g/mol. The standard InChI is InChI=1S/C13H22N4O2/c1-10-8-14-15-17(10)9-11-2-3-12-13(11)19-7-5-16(12)4-6-18/h8,11-13,18H,2-7,9H2,1H3. The SMILES string of the molecule is Cc1cnnn1CC1CCC2C1OCCN2CCO. The van der Waals surface area contributed by atoms with E-state index in [-0.39, 0.29) is 12.7 Å². The first-order chi connectivity index (χ1) is 9.29. The molecule has 1 N–H and O–H groups in total. The first-order valence-corrected chi connectivity index (χ1v) is 7.11. The van der Waals surface area contributed by atoms with Gasteiger partial charge in [-0.15, -0.1) is 5.10 Å². The second kappa shape index (κ2) is 5.56. The third kappa shape index (κ3) is 2.52. The van der Waals surface area contributed by atoms with E-state index in [4.69, 9.17) is 9.84 Å². The van der Waals surface area contributed by atoms with Gasteiger partial charge in [-0.05, 0) is 19.8 Å². The molecule has 3 atom stereocenters. The van der Waals surface area contributed by atoms with E-state index in [1.165, 1.54) is 0 Å². The van der Waals surface area contributed by atoms with Crippen molar-refractivity contribution in [2.75, 3.05) is 26.3 Å². The highest BCUT2D eigenvalue weighted by molar-refractivity contribution is 4.96. The van der Waals surface area contributed by atoms with Gasteiger partial charge in [-0.25, -0.2) is 4.68 Å². The summed E-state index contributed by atoms with van der Waals surface area (Å²) < 4.78 is 7.97. The number of aliphatic hydroxyl groups is 1. The van der Waals surface area contributed by atoms with Crippen LogP contribution in [0.5, 0.6) is 0 Å². The fourth-order valence-corrected chi connectivity index (χ4v) is 3.45. The molecule has 1 aliphatic heterocycles. The van der Waals surface area contributed by atoms with Crippen LogP contribution in [0, 0.1) is 12.8 Å². The highest BCUT2D eigenvalue weighted by Crippen LogP contribution is 2.35. The summed E-state index contributed by atoms with van der Waals surface area (Å²) in [6, 6.07) is 0.467. The van der Waals surface area contributed by atoms with E-state index < -0.39 is 0 Å². The van der Waals surface area contributed by atoms with Crippen LogP contribution in [0.4, 0.5) is 0 Å². The molecule has 3 unspecified atom stereocenters. The quantitative estimate of drug-likeness (QED) is 0.835. The Morgan fingerprint density at radius 3 is 3.11 bits per heavy atom. The number of hydrogen-bond donors (Lipinski definition) is 1. The summed E-state index contributed by atoms with van der Waals surface area (Å²) in [5, 5.41) is 17.2. The number of nitrogens with zero attached hydrogens (tertiary/aromatic N) is 4. The van der Waals surface area contributed by atoms with Crippen LogP contribution >= 0.6 is 0 Å². The zero-order chi connectivity index (χ0) is 13.2. The van der Waals surface area contributed by atoms with Gasteiger partial charge in [0.15, 0.2) is 0 Å². The molecule has 2 aliphatic rings. The smallest absolute Gasteiger partial charge is 0.0776 e. The molecule has 0 radical (unpaired) electrons. The summed E-state index contributed by atoms with van der Waals surface area (Å²) in [4.78, 5) is 2.38. The van der Waals surface area contributed by atoms with Crippen molar-refractivity contribution in [2.24, 2.45) is 5.92 Å². The molecule has 2 heterocycles. The lowest BCUT2D eigenvalue weighted by Gasteiger charge is -2.39. The van der Waals surface area contributed by atoms with Gasteiger partial charge in [-0.3, -0.25) is 4.90 Å². The number of β-amino-alcohol motifs (C(OH)–C–C–N with tert-alkyl or cyclic N) is 1. The maximum Gasteiger partial charge on any atom is 0.0776 e. The topological polar surface area (TPSA) is 63.4 Å². The molecule has 6 heteroatoms. The molecule has 1 aromatic heterocycles. The van der Waals surface area contributed by atoms with Gasteiger partial charge in [0, 0.05) is 31.6 Å². The van der Waals surface area contributed by atoms with E-state index >= 15 is 0 Å². The third-order valence-electron chi connectivity index (χ3n) is 4.44. The van der Waals surface area contributed by atoms with E-state index in [2.05, 4.69) is 15.2 Å². The average Bonchev–Trinajstić information content (AvgIpc) is 2.99. The number of morpholine rings is 1. The minimum atomic E-state index is 0.232. The number of hydrogen-bond acceptors (Lipinski definition) is 5. The largest absolute Gasteiger partial charge is 0.395 e. The van der Waals surface area contributed by atoms with E-state index in [0.717, 1.165) is 44.8 Å². The molecule has 19 heavy (non-hydrogen) atoms. The number of fused-ring (bicyclic) bond motifs is 1. The van der Waals surface area contributed by atoms with Crippen LogP contribution in [0.3, 0.4) is 0 Å². The molecule has 0 spiro atoms. The number of aromatic nitrogens is 3. The molecule has 6 nitrogen and oxygen atoms in total. The summed E-state index contributed by atoms with van der Waals surface area (Å²) >= 11 is 0. The summed E-state index contributed by atoms with van der Waals surface area (Å²) in [5.74, 6) is 0.506. The van der Waals surface area contributed by atoms with Gasteiger partial charge in [-0.2, -0.15) is 0 Å². The zero-order valence-electron chi connectivity index (χ0n) is 11.4. The molecule has 106 valence electrons. The Balaban J connectivity index is 1.67. The first-order valence-electron chi connectivity index (χ1n) is 7.11. The van der Waals surface area contributed by atoms with Crippen molar-refractivity contribution in [3.8, 4) is 0 Å². The van der Waals surface area contributed by atoms with Crippen LogP contribution in [0.2, 0.25) is 0 Å². The van der Waals surface area contributed by atoms with Crippen molar-refractivity contribution in [1.29, 1.82) is 0 Å². The fourth-order valence-electron chi connectivity index (χ4n) is 3.45. The lowest BCUT2D eigenvalue weighted by molar-refractivity contribution is -0.0790. The Kier molecular flexibility index (Phi) is 3.81.